The molecule has 1 aromatic rings. The molecule has 1 aliphatic rings. The zero-order valence-electron chi connectivity index (χ0n) is 9.98. The second kappa shape index (κ2) is 4.57. The Morgan fingerprint density at radius 2 is 1.94 bits per heavy atom. The van der Waals surface area contributed by atoms with Crippen molar-refractivity contribution in [1.82, 2.24) is 0 Å². The predicted molar refractivity (Wildman–Crippen MR) is 66.3 cm³/mol. The Morgan fingerprint density at radius 1 is 1.31 bits per heavy atom. The van der Waals surface area contributed by atoms with Crippen molar-refractivity contribution < 1.29 is 0 Å². The number of nitriles is 1. The molecule has 0 saturated carbocycles. The van der Waals surface area contributed by atoms with Crippen LogP contribution in [0.15, 0.2) is 24.3 Å². The Kier molecular flexibility index (Phi) is 3.14. The molecule has 84 valence electrons. The fourth-order valence-corrected chi connectivity index (χ4v) is 2.06. The topological polar surface area (TPSA) is 27.0 Å². The highest BCUT2D eigenvalue weighted by atomic mass is 15.2. The van der Waals surface area contributed by atoms with E-state index in [1.54, 1.807) is 0 Å². The van der Waals surface area contributed by atoms with Crippen LogP contribution in [0.5, 0.6) is 0 Å². The SMILES string of the molecule is CC(C)C1CN(c2ccc(CC#N)cc2)C1. The molecule has 0 radical (unpaired) electrons. The van der Waals surface area contributed by atoms with Crippen LogP contribution in [0.4, 0.5) is 5.69 Å². The molecule has 0 aliphatic carbocycles. The summed E-state index contributed by atoms with van der Waals surface area (Å²) in [6.07, 6.45) is 0.509. The van der Waals surface area contributed by atoms with Crippen LogP contribution in [0.3, 0.4) is 0 Å². The summed E-state index contributed by atoms with van der Waals surface area (Å²) in [5.74, 6) is 1.63. The van der Waals surface area contributed by atoms with Crippen LogP contribution in [0.2, 0.25) is 0 Å². The van der Waals surface area contributed by atoms with Gasteiger partial charge in [-0.3, -0.25) is 0 Å². The van der Waals surface area contributed by atoms with Crippen molar-refractivity contribution in [3.05, 3.63) is 29.8 Å². The molecule has 1 heterocycles. The second-order valence-electron chi connectivity index (χ2n) is 4.91. The Morgan fingerprint density at radius 3 is 2.44 bits per heavy atom. The summed E-state index contributed by atoms with van der Waals surface area (Å²) < 4.78 is 0. The van der Waals surface area contributed by atoms with Crippen LogP contribution in [-0.2, 0) is 6.42 Å². The first-order valence-electron chi connectivity index (χ1n) is 5.91. The van der Waals surface area contributed by atoms with E-state index in [2.05, 4.69) is 49.1 Å². The van der Waals surface area contributed by atoms with Gasteiger partial charge in [0, 0.05) is 18.8 Å². The summed E-state index contributed by atoms with van der Waals surface area (Å²) >= 11 is 0. The van der Waals surface area contributed by atoms with Gasteiger partial charge < -0.3 is 4.90 Å². The van der Waals surface area contributed by atoms with Gasteiger partial charge in [0.25, 0.3) is 0 Å². The quantitative estimate of drug-likeness (QED) is 0.773. The van der Waals surface area contributed by atoms with E-state index >= 15 is 0 Å². The lowest BCUT2D eigenvalue weighted by molar-refractivity contribution is 0.310. The standard InChI is InChI=1S/C14H18N2/c1-11(2)13-9-16(10-13)14-5-3-12(4-6-14)7-8-15/h3-6,11,13H,7,9-10H2,1-2H3. The second-order valence-corrected chi connectivity index (χ2v) is 4.91. The lowest BCUT2D eigenvalue weighted by atomic mass is 9.88. The molecule has 1 aromatic carbocycles. The van der Waals surface area contributed by atoms with E-state index in [4.69, 9.17) is 5.26 Å². The minimum absolute atomic E-state index is 0.509. The molecule has 1 aliphatic heterocycles. The summed E-state index contributed by atoms with van der Waals surface area (Å²) in [5.41, 5.74) is 2.39. The maximum atomic E-state index is 8.59. The van der Waals surface area contributed by atoms with Crippen molar-refractivity contribution in [2.45, 2.75) is 20.3 Å². The summed E-state index contributed by atoms with van der Waals surface area (Å²) in [4.78, 5) is 2.40. The minimum Gasteiger partial charge on any atom is -0.371 e. The van der Waals surface area contributed by atoms with E-state index in [9.17, 15) is 0 Å². The van der Waals surface area contributed by atoms with Crippen molar-refractivity contribution in [2.75, 3.05) is 18.0 Å². The predicted octanol–water partition coefficient (Wildman–Crippen LogP) is 2.84. The molecule has 1 saturated heterocycles. The normalized spacial score (nSPS) is 16.0. The van der Waals surface area contributed by atoms with Crippen LogP contribution in [0.1, 0.15) is 19.4 Å². The summed E-state index contributed by atoms with van der Waals surface area (Å²) in [6.45, 7) is 6.93. The first-order chi connectivity index (χ1) is 7.70. The Balaban J connectivity index is 1.95. The maximum absolute atomic E-state index is 8.59. The van der Waals surface area contributed by atoms with Gasteiger partial charge in [-0.25, -0.2) is 0 Å². The van der Waals surface area contributed by atoms with Gasteiger partial charge in [0.15, 0.2) is 0 Å². The number of nitrogens with zero attached hydrogens (tertiary/aromatic N) is 2. The molecular formula is C14H18N2. The Bertz CT molecular complexity index is 380. The first kappa shape index (κ1) is 11.0. The third-order valence-corrected chi connectivity index (χ3v) is 3.44. The summed E-state index contributed by atoms with van der Waals surface area (Å²) in [7, 11) is 0. The van der Waals surface area contributed by atoms with E-state index in [0.29, 0.717) is 6.42 Å². The molecule has 0 aromatic heterocycles. The Labute approximate surface area is 97.5 Å². The number of rotatable bonds is 3. The van der Waals surface area contributed by atoms with Crippen molar-refractivity contribution in [1.29, 1.82) is 5.26 Å². The third kappa shape index (κ3) is 2.19. The molecule has 0 spiro atoms. The van der Waals surface area contributed by atoms with Gasteiger partial charge in [-0.2, -0.15) is 5.26 Å². The van der Waals surface area contributed by atoms with Crippen molar-refractivity contribution in [3.8, 4) is 6.07 Å². The van der Waals surface area contributed by atoms with Crippen molar-refractivity contribution in [2.24, 2.45) is 11.8 Å². The van der Waals surface area contributed by atoms with Crippen molar-refractivity contribution >= 4 is 5.69 Å². The summed E-state index contributed by atoms with van der Waals surface area (Å²) in [6, 6.07) is 10.5. The average Bonchev–Trinajstić information content (AvgIpc) is 2.18. The molecule has 0 atom stereocenters. The molecular weight excluding hydrogens is 196 g/mol. The number of hydrogen-bond donors (Lipinski definition) is 0. The fourth-order valence-electron chi connectivity index (χ4n) is 2.06. The van der Waals surface area contributed by atoms with E-state index < -0.39 is 0 Å². The maximum Gasteiger partial charge on any atom is 0.0669 e. The van der Waals surface area contributed by atoms with Gasteiger partial charge in [-0.1, -0.05) is 26.0 Å². The van der Waals surface area contributed by atoms with Crippen LogP contribution in [-0.4, -0.2) is 13.1 Å². The van der Waals surface area contributed by atoms with Gasteiger partial charge in [0.1, 0.15) is 0 Å². The molecule has 2 heteroatoms. The molecule has 0 unspecified atom stereocenters. The van der Waals surface area contributed by atoms with E-state index in [1.165, 1.54) is 18.8 Å². The van der Waals surface area contributed by atoms with Crippen LogP contribution >= 0.6 is 0 Å². The van der Waals surface area contributed by atoms with E-state index in [0.717, 1.165) is 17.4 Å². The van der Waals surface area contributed by atoms with Crippen molar-refractivity contribution in [3.63, 3.8) is 0 Å². The largest absolute Gasteiger partial charge is 0.371 e. The fraction of sp³-hybridized carbons (Fsp3) is 0.500. The number of anilines is 1. The smallest absolute Gasteiger partial charge is 0.0669 e. The monoisotopic (exact) mass is 214 g/mol. The molecule has 0 bridgehead atoms. The number of benzene rings is 1. The zero-order chi connectivity index (χ0) is 11.5. The lowest BCUT2D eigenvalue weighted by Gasteiger charge is -2.43. The molecule has 0 N–H and O–H groups in total. The number of hydrogen-bond acceptors (Lipinski definition) is 2. The molecule has 0 amide bonds. The van der Waals surface area contributed by atoms with Gasteiger partial charge >= 0.3 is 0 Å². The van der Waals surface area contributed by atoms with E-state index in [-0.39, 0.29) is 0 Å². The molecule has 2 nitrogen and oxygen atoms in total. The van der Waals surface area contributed by atoms with Gasteiger partial charge in [-0.05, 0) is 29.5 Å². The van der Waals surface area contributed by atoms with E-state index in [1.807, 2.05) is 0 Å². The lowest BCUT2D eigenvalue weighted by Crippen LogP contribution is -2.49. The van der Waals surface area contributed by atoms with Gasteiger partial charge in [0.2, 0.25) is 0 Å². The van der Waals surface area contributed by atoms with Crippen LogP contribution in [0, 0.1) is 23.2 Å². The highest BCUT2D eigenvalue weighted by Gasteiger charge is 2.28. The molecule has 1 fully saturated rings. The zero-order valence-corrected chi connectivity index (χ0v) is 9.98. The summed E-state index contributed by atoms with van der Waals surface area (Å²) in [5, 5.41) is 8.59. The Hall–Kier alpha value is -1.49. The highest BCUT2D eigenvalue weighted by molar-refractivity contribution is 5.50. The third-order valence-electron chi connectivity index (χ3n) is 3.44. The van der Waals surface area contributed by atoms with Crippen LogP contribution in [0.25, 0.3) is 0 Å². The first-order valence-corrected chi connectivity index (χ1v) is 5.91. The molecule has 16 heavy (non-hydrogen) atoms. The highest BCUT2D eigenvalue weighted by Crippen LogP contribution is 2.29. The van der Waals surface area contributed by atoms with Gasteiger partial charge in [0.05, 0.1) is 12.5 Å². The van der Waals surface area contributed by atoms with Crippen LogP contribution < -0.4 is 4.90 Å². The molecule has 2 rings (SSSR count). The average molecular weight is 214 g/mol. The minimum atomic E-state index is 0.509. The van der Waals surface area contributed by atoms with Gasteiger partial charge in [-0.15, -0.1) is 0 Å².